The molecule has 1 aromatic carbocycles. The van der Waals surface area contributed by atoms with Gasteiger partial charge in [0.05, 0.1) is 11.4 Å². The van der Waals surface area contributed by atoms with Crippen LogP contribution in [-0.2, 0) is 10.0 Å². The van der Waals surface area contributed by atoms with Gasteiger partial charge in [-0.2, -0.15) is 21.6 Å². The molecule has 84 valence electrons. The quantitative estimate of drug-likeness (QED) is 0.770. The van der Waals surface area contributed by atoms with Crippen LogP contribution in [0.15, 0.2) is 24.3 Å². The van der Waals surface area contributed by atoms with Crippen LogP contribution in [-0.4, -0.2) is 13.9 Å². The Hall–Kier alpha value is -1.44. The number of nitrogens with one attached hydrogen (secondary N) is 1. The van der Waals surface area contributed by atoms with Gasteiger partial charge in [0.15, 0.2) is 0 Å². The first-order valence-corrected chi connectivity index (χ1v) is 5.16. The Bertz CT molecular complexity index is 456. The molecule has 0 saturated carbocycles. The molecular weight excluding hydrogens is 233 g/mol. The van der Waals surface area contributed by atoms with Crippen molar-refractivity contribution < 1.29 is 21.6 Å². The maximum absolute atomic E-state index is 12.0. The molecule has 0 aromatic heterocycles. The highest BCUT2D eigenvalue weighted by atomic mass is 32.2. The molecule has 0 heterocycles. The predicted octanol–water partition coefficient (Wildman–Crippen LogP) is 1.53. The predicted molar refractivity (Wildman–Crippen MR) is 49.5 cm³/mol. The molecule has 1 rings (SSSR count). The van der Waals surface area contributed by atoms with Crippen LogP contribution in [0.1, 0.15) is 0 Å². The lowest BCUT2D eigenvalue weighted by molar-refractivity contribution is -0.0429. The fourth-order valence-electron chi connectivity index (χ4n) is 0.793. The van der Waals surface area contributed by atoms with Crippen molar-refractivity contribution >= 4 is 21.4 Å². The number of alkyl halides is 3. The number of hydrogen-bond donors (Lipinski definition) is 2. The molecule has 3 N–H and O–H groups in total. The summed E-state index contributed by atoms with van der Waals surface area (Å²) in [4.78, 5) is 0. The van der Waals surface area contributed by atoms with Gasteiger partial charge < -0.3 is 5.73 Å². The topological polar surface area (TPSA) is 72.2 Å². The molecule has 0 aliphatic heterocycles. The number of hydrogen-bond acceptors (Lipinski definition) is 3. The molecule has 0 aliphatic rings. The van der Waals surface area contributed by atoms with Gasteiger partial charge in [0.25, 0.3) is 0 Å². The number of halogens is 3. The highest BCUT2D eigenvalue weighted by Crippen LogP contribution is 2.27. The lowest BCUT2D eigenvalue weighted by atomic mass is 10.3. The van der Waals surface area contributed by atoms with E-state index in [9.17, 15) is 21.6 Å². The Balaban J connectivity index is 3.03. The van der Waals surface area contributed by atoms with E-state index in [1.165, 1.54) is 22.9 Å². The molecule has 0 unspecified atom stereocenters. The molecule has 0 amide bonds. The number of nitrogen functional groups attached to an aromatic ring is 1. The van der Waals surface area contributed by atoms with Crippen molar-refractivity contribution in [1.29, 1.82) is 0 Å². The van der Waals surface area contributed by atoms with Crippen LogP contribution in [0.25, 0.3) is 0 Å². The lowest BCUT2D eigenvalue weighted by Gasteiger charge is -2.11. The molecule has 0 bridgehead atoms. The third-order valence-corrected chi connectivity index (χ3v) is 2.61. The summed E-state index contributed by atoms with van der Waals surface area (Å²) < 4.78 is 58.6. The van der Waals surface area contributed by atoms with Crippen molar-refractivity contribution in [1.82, 2.24) is 0 Å². The minimum atomic E-state index is -5.40. The van der Waals surface area contributed by atoms with Crippen LogP contribution >= 0.6 is 0 Å². The first-order chi connectivity index (χ1) is 6.74. The second kappa shape index (κ2) is 3.61. The van der Waals surface area contributed by atoms with E-state index < -0.39 is 15.5 Å². The fourth-order valence-corrected chi connectivity index (χ4v) is 1.38. The molecule has 0 fully saturated rings. The van der Waals surface area contributed by atoms with Gasteiger partial charge in [-0.05, 0) is 12.1 Å². The van der Waals surface area contributed by atoms with Crippen molar-refractivity contribution in [3.63, 3.8) is 0 Å². The van der Waals surface area contributed by atoms with Crippen molar-refractivity contribution in [3.8, 4) is 0 Å². The molecule has 4 nitrogen and oxygen atoms in total. The van der Waals surface area contributed by atoms with Gasteiger partial charge in [-0.3, -0.25) is 4.72 Å². The van der Waals surface area contributed by atoms with Gasteiger partial charge in [-0.25, -0.2) is 0 Å². The highest BCUT2D eigenvalue weighted by molar-refractivity contribution is 7.93. The second-order valence-corrected chi connectivity index (χ2v) is 4.31. The largest absolute Gasteiger partial charge is 0.516 e. The number of anilines is 2. The van der Waals surface area contributed by atoms with Crippen LogP contribution < -0.4 is 10.5 Å². The standard InChI is InChI=1S/C7H7F3N2O2S/c8-7(9,10)15(13,14)12-6-4-2-1-3-5(6)11/h1-4,12H,11H2. The van der Waals surface area contributed by atoms with Gasteiger partial charge >= 0.3 is 15.5 Å². The molecular formula is C7H7F3N2O2S. The Kier molecular flexibility index (Phi) is 2.80. The summed E-state index contributed by atoms with van der Waals surface area (Å²) >= 11 is 0. The second-order valence-electron chi connectivity index (χ2n) is 2.64. The maximum atomic E-state index is 12.0. The van der Waals surface area contributed by atoms with E-state index in [1.54, 1.807) is 0 Å². The average Bonchev–Trinajstić information content (AvgIpc) is 2.06. The third kappa shape index (κ3) is 2.52. The average molecular weight is 240 g/mol. The number of benzene rings is 1. The summed E-state index contributed by atoms with van der Waals surface area (Å²) in [6.45, 7) is 0. The van der Waals surface area contributed by atoms with Crippen LogP contribution in [0.3, 0.4) is 0 Å². The maximum Gasteiger partial charge on any atom is 0.516 e. The molecule has 0 spiro atoms. The van der Waals surface area contributed by atoms with Crippen molar-refractivity contribution in [2.45, 2.75) is 5.51 Å². The van der Waals surface area contributed by atoms with Gasteiger partial charge in [-0.15, -0.1) is 0 Å². The Labute approximate surface area is 83.9 Å². The van der Waals surface area contributed by atoms with Crippen LogP contribution in [0.2, 0.25) is 0 Å². The van der Waals surface area contributed by atoms with Crippen molar-refractivity contribution in [3.05, 3.63) is 24.3 Å². The zero-order valence-electron chi connectivity index (χ0n) is 7.25. The first-order valence-electron chi connectivity index (χ1n) is 3.67. The summed E-state index contributed by atoms with van der Waals surface area (Å²) in [5.41, 5.74) is -0.450. The zero-order valence-corrected chi connectivity index (χ0v) is 8.06. The number of para-hydroxylation sites is 2. The van der Waals surface area contributed by atoms with Gasteiger partial charge in [-0.1, -0.05) is 12.1 Å². The minimum absolute atomic E-state index is 0.0784. The van der Waals surface area contributed by atoms with E-state index in [-0.39, 0.29) is 11.4 Å². The van der Waals surface area contributed by atoms with E-state index in [1.807, 2.05) is 0 Å². The van der Waals surface area contributed by atoms with Crippen molar-refractivity contribution in [2.75, 3.05) is 10.5 Å². The van der Waals surface area contributed by atoms with E-state index in [2.05, 4.69) is 0 Å². The van der Waals surface area contributed by atoms with E-state index in [0.717, 1.165) is 6.07 Å². The highest BCUT2D eigenvalue weighted by Gasteiger charge is 2.46. The van der Waals surface area contributed by atoms with Crippen LogP contribution in [0, 0.1) is 0 Å². The summed E-state index contributed by atoms with van der Waals surface area (Å²) in [5.74, 6) is 0. The Morgan fingerprint density at radius 2 is 1.73 bits per heavy atom. The summed E-state index contributed by atoms with van der Waals surface area (Å²) in [7, 11) is -5.40. The van der Waals surface area contributed by atoms with Gasteiger partial charge in [0, 0.05) is 0 Å². The number of rotatable bonds is 2. The monoisotopic (exact) mass is 240 g/mol. The lowest BCUT2D eigenvalue weighted by Crippen LogP contribution is -2.30. The summed E-state index contributed by atoms with van der Waals surface area (Å²) in [6, 6.07) is 5.26. The summed E-state index contributed by atoms with van der Waals surface area (Å²) in [5, 5.41) is 0. The van der Waals surface area contributed by atoms with E-state index in [0.29, 0.717) is 0 Å². The Morgan fingerprint density at radius 1 is 1.20 bits per heavy atom. The molecule has 8 heteroatoms. The smallest absolute Gasteiger partial charge is 0.397 e. The molecule has 1 aromatic rings. The van der Waals surface area contributed by atoms with Crippen LogP contribution in [0.5, 0.6) is 0 Å². The normalized spacial score (nSPS) is 12.5. The molecule has 0 atom stereocenters. The minimum Gasteiger partial charge on any atom is -0.397 e. The van der Waals surface area contributed by atoms with Crippen molar-refractivity contribution in [2.24, 2.45) is 0 Å². The summed E-state index contributed by atoms with van der Waals surface area (Å²) in [6.07, 6.45) is 0. The van der Waals surface area contributed by atoms with Gasteiger partial charge in [0.1, 0.15) is 0 Å². The van der Waals surface area contributed by atoms with Crippen LogP contribution in [0.4, 0.5) is 24.5 Å². The molecule has 15 heavy (non-hydrogen) atoms. The first kappa shape index (κ1) is 11.6. The number of nitrogens with two attached hydrogens (primary N) is 1. The Morgan fingerprint density at radius 3 is 2.20 bits per heavy atom. The molecule has 0 aliphatic carbocycles. The fraction of sp³-hybridized carbons (Fsp3) is 0.143. The SMILES string of the molecule is Nc1ccccc1NS(=O)(=O)C(F)(F)F. The molecule has 0 saturated heterocycles. The van der Waals surface area contributed by atoms with E-state index in [4.69, 9.17) is 5.73 Å². The van der Waals surface area contributed by atoms with Gasteiger partial charge in [0.2, 0.25) is 0 Å². The zero-order chi connectivity index (χ0) is 11.7. The van der Waals surface area contributed by atoms with E-state index >= 15 is 0 Å². The third-order valence-electron chi connectivity index (χ3n) is 1.51. The number of sulfonamides is 1. The molecule has 0 radical (unpaired) electrons.